The number of carbonyl (C=O) groups is 2. The van der Waals surface area contributed by atoms with Gasteiger partial charge < -0.3 is 19.3 Å². The third-order valence-electron chi connectivity index (χ3n) is 2.56. The van der Waals surface area contributed by atoms with Crippen LogP contribution in [0, 0.1) is 0 Å². The molecule has 0 aromatic heterocycles. The normalized spacial score (nSPS) is 28.4. The van der Waals surface area contributed by atoms with Gasteiger partial charge in [0.1, 0.15) is 6.10 Å². The Morgan fingerprint density at radius 2 is 1.61 bits per heavy atom. The van der Waals surface area contributed by atoms with Crippen molar-refractivity contribution < 1.29 is 54.7 Å². The maximum atomic E-state index is 12.2. The minimum Gasteiger partial charge on any atom is -0.455 e. The number of hydrogen-bond acceptors (Lipinski definition) is 9. The molecule has 134 valence electrons. The molecule has 9 nitrogen and oxygen atoms in total. The van der Waals surface area contributed by atoms with Gasteiger partial charge in [-0.05, 0) is 0 Å². The highest BCUT2D eigenvalue weighted by molar-refractivity contribution is 7.87. The van der Waals surface area contributed by atoms with E-state index in [9.17, 15) is 36.3 Å². The van der Waals surface area contributed by atoms with Crippen molar-refractivity contribution in [3.63, 3.8) is 0 Å². The van der Waals surface area contributed by atoms with Crippen LogP contribution >= 0.6 is 0 Å². The van der Waals surface area contributed by atoms with E-state index in [1.807, 2.05) is 0 Å². The smallest absolute Gasteiger partial charge is 0.455 e. The van der Waals surface area contributed by atoms with Crippen LogP contribution in [0.4, 0.5) is 13.2 Å². The summed E-state index contributed by atoms with van der Waals surface area (Å²) in [6.07, 6.45) is -6.53. The summed E-state index contributed by atoms with van der Waals surface area (Å²) < 4.78 is 76.0. The number of alkyl halides is 3. The summed E-state index contributed by atoms with van der Waals surface area (Å²) in [7, 11) is -5.90. The molecule has 1 N–H and O–H groups in total. The number of carbonyl (C=O) groups excluding carboxylic acids is 2. The van der Waals surface area contributed by atoms with Crippen LogP contribution < -0.4 is 0 Å². The first-order valence-corrected chi connectivity index (χ1v) is 7.39. The molecule has 1 fully saturated rings. The van der Waals surface area contributed by atoms with Crippen LogP contribution in [0.15, 0.2) is 0 Å². The van der Waals surface area contributed by atoms with E-state index in [-0.39, 0.29) is 0 Å². The Morgan fingerprint density at radius 1 is 1.13 bits per heavy atom. The quantitative estimate of drug-likeness (QED) is 0.387. The molecule has 13 heteroatoms. The maximum absolute atomic E-state index is 12.2. The van der Waals surface area contributed by atoms with Crippen LogP contribution in [0.5, 0.6) is 0 Å². The van der Waals surface area contributed by atoms with Gasteiger partial charge in [0, 0.05) is 13.8 Å². The second kappa shape index (κ2) is 6.98. The summed E-state index contributed by atoms with van der Waals surface area (Å²) in [4.78, 5) is 21.9. The van der Waals surface area contributed by atoms with Gasteiger partial charge in [-0.25, -0.2) is 0 Å². The summed E-state index contributed by atoms with van der Waals surface area (Å²) in [5.74, 6) is -1.81. The molecule has 1 saturated heterocycles. The Bertz CT molecular complexity index is 558. The molecule has 1 aliphatic rings. The van der Waals surface area contributed by atoms with Crippen molar-refractivity contribution in [2.75, 3.05) is 6.61 Å². The van der Waals surface area contributed by atoms with Crippen LogP contribution in [-0.4, -0.2) is 62.2 Å². The molecule has 1 aliphatic heterocycles. The number of aliphatic hydroxyl groups excluding tert-OH is 1. The van der Waals surface area contributed by atoms with Crippen molar-refractivity contribution in [3.8, 4) is 0 Å². The van der Waals surface area contributed by atoms with Crippen molar-refractivity contribution in [3.05, 3.63) is 0 Å². The van der Waals surface area contributed by atoms with E-state index in [4.69, 9.17) is 9.47 Å². The molecule has 0 bridgehead atoms. The molecule has 23 heavy (non-hydrogen) atoms. The van der Waals surface area contributed by atoms with Gasteiger partial charge in [-0.1, -0.05) is 0 Å². The first kappa shape index (κ1) is 19.6. The lowest BCUT2D eigenvalue weighted by molar-refractivity contribution is -0.174. The summed E-state index contributed by atoms with van der Waals surface area (Å²) in [5.41, 5.74) is -5.66. The van der Waals surface area contributed by atoms with E-state index >= 15 is 0 Å². The molecule has 4 atom stereocenters. The highest BCUT2D eigenvalue weighted by atomic mass is 32.2. The van der Waals surface area contributed by atoms with Crippen molar-refractivity contribution in [1.82, 2.24) is 0 Å². The van der Waals surface area contributed by atoms with E-state index in [0.29, 0.717) is 0 Å². The SMILES string of the molecule is CC(=O)O[C@@H]1[C@@H](COS(=O)(=O)C(F)(F)F)OC(O)[C@@H]1OC(C)=O. The third-order valence-corrected chi connectivity index (χ3v) is 3.57. The predicted octanol–water partition coefficient (Wildman–Crippen LogP) is -0.567. The first-order valence-electron chi connectivity index (χ1n) is 5.99. The van der Waals surface area contributed by atoms with Crippen molar-refractivity contribution in [2.45, 2.75) is 44.0 Å². The van der Waals surface area contributed by atoms with Gasteiger partial charge in [0.05, 0.1) is 6.61 Å². The summed E-state index contributed by atoms with van der Waals surface area (Å²) in [6, 6.07) is 0. The molecule has 1 heterocycles. The number of ether oxygens (including phenoxy) is 3. The molecule has 0 aromatic rings. The lowest BCUT2D eigenvalue weighted by Gasteiger charge is -2.22. The largest absolute Gasteiger partial charge is 0.523 e. The van der Waals surface area contributed by atoms with Crippen LogP contribution in [0.25, 0.3) is 0 Å². The van der Waals surface area contributed by atoms with Crippen LogP contribution in [0.3, 0.4) is 0 Å². The zero-order valence-electron chi connectivity index (χ0n) is 11.8. The minimum absolute atomic E-state index is 0.890. The van der Waals surface area contributed by atoms with E-state index in [1.54, 1.807) is 0 Å². The van der Waals surface area contributed by atoms with Crippen LogP contribution in [0.1, 0.15) is 13.8 Å². The fraction of sp³-hybridized carbons (Fsp3) is 0.800. The fourth-order valence-corrected chi connectivity index (χ4v) is 2.16. The van der Waals surface area contributed by atoms with Gasteiger partial charge in [-0.3, -0.25) is 13.8 Å². The number of esters is 2. The standard InChI is InChI=1S/C10H13F3O9S/c1-4(14)20-7-6(3-19-23(17,18)10(11,12)13)22-9(16)8(7)21-5(2)15/h6-9,16H,3H2,1-2H3/t6-,7-,8-,9?/m1/s1. The molecule has 1 rings (SSSR count). The van der Waals surface area contributed by atoms with Gasteiger partial charge in [-0.15, -0.1) is 0 Å². The predicted molar refractivity (Wildman–Crippen MR) is 62.9 cm³/mol. The van der Waals surface area contributed by atoms with E-state index in [2.05, 4.69) is 8.92 Å². The fourth-order valence-electron chi connectivity index (χ4n) is 1.72. The summed E-state index contributed by atoms with van der Waals surface area (Å²) in [5, 5.41) is 9.56. The molecular weight excluding hydrogens is 353 g/mol. The topological polar surface area (TPSA) is 125 Å². The molecule has 0 aliphatic carbocycles. The number of halogens is 3. The van der Waals surface area contributed by atoms with Crippen molar-refractivity contribution in [2.24, 2.45) is 0 Å². The van der Waals surface area contributed by atoms with E-state index in [1.165, 1.54) is 0 Å². The molecule has 1 unspecified atom stereocenters. The van der Waals surface area contributed by atoms with Gasteiger partial charge in [0.2, 0.25) is 0 Å². The Morgan fingerprint density at radius 3 is 2.04 bits per heavy atom. The second-order valence-electron chi connectivity index (χ2n) is 4.40. The zero-order valence-corrected chi connectivity index (χ0v) is 12.6. The van der Waals surface area contributed by atoms with E-state index in [0.717, 1.165) is 13.8 Å². The lowest BCUT2D eigenvalue weighted by Crippen LogP contribution is -2.41. The molecule has 0 saturated carbocycles. The average Bonchev–Trinajstić information content (AvgIpc) is 2.62. The Labute approximate surface area is 128 Å². The zero-order chi connectivity index (χ0) is 18.0. The van der Waals surface area contributed by atoms with Gasteiger partial charge in [0.25, 0.3) is 0 Å². The van der Waals surface area contributed by atoms with Gasteiger partial charge in [0.15, 0.2) is 18.5 Å². The Hall–Kier alpha value is -1.44. The van der Waals surface area contributed by atoms with Crippen LogP contribution in [0.2, 0.25) is 0 Å². The number of aliphatic hydroxyl groups is 1. The van der Waals surface area contributed by atoms with Crippen LogP contribution in [-0.2, 0) is 38.1 Å². The average molecular weight is 366 g/mol. The highest BCUT2D eigenvalue weighted by Gasteiger charge is 2.52. The monoisotopic (exact) mass is 366 g/mol. The van der Waals surface area contributed by atoms with Gasteiger partial charge in [-0.2, -0.15) is 21.6 Å². The Balaban J connectivity index is 2.87. The molecule has 0 radical (unpaired) electrons. The summed E-state index contributed by atoms with van der Waals surface area (Å²) >= 11 is 0. The summed E-state index contributed by atoms with van der Waals surface area (Å²) in [6.45, 7) is 0.698. The van der Waals surface area contributed by atoms with Gasteiger partial charge >= 0.3 is 27.6 Å². The third kappa shape index (κ3) is 5.02. The minimum atomic E-state index is -5.90. The lowest BCUT2D eigenvalue weighted by atomic mass is 10.1. The highest BCUT2D eigenvalue weighted by Crippen LogP contribution is 2.29. The Kier molecular flexibility index (Phi) is 5.95. The molecule has 0 spiro atoms. The maximum Gasteiger partial charge on any atom is 0.523 e. The molecular formula is C10H13F3O9S. The second-order valence-corrected chi connectivity index (χ2v) is 6.00. The molecule has 0 amide bonds. The van der Waals surface area contributed by atoms with Crippen molar-refractivity contribution >= 4 is 22.1 Å². The number of rotatable bonds is 5. The van der Waals surface area contributed by atoms with Crippen molar-refractivity contribution in [1.29, 1.82) is 0 Å². The number of hydrogen-bond donors (Lipinski definition) is 1. The molecule has 0 aromatic carbocycles. The first-order chi connectivity index (χ1) is 10.3. The van der Waals surface area contributed by atoms with E-state index < -0.39 is 58.8 Å².